The molecule has 129 heavy (non-hydrogen) atoms. The first-order valence-electron chi connectivity index (χ1n) is 43.7. The van der Waals surface area contributed by atoms with Gasteiger partial charge in [-0.15, -0.1) is 0 Å². The number of nitrogens with zero attached hydrogens (tertiary/aromatic N) is 11. The average molecular weight is 1800 g/mol. The molecule has 22 nitrogen and oxygen atoms in total. The Labute approximate surface area is 767 Å². The van der Waals surface area contributed by atoms with Crippen molar-refractivity contribution in [2.24, 2.45) is 0 Å². The largest absolute Gasteiger partial charge is 0.486 e. The summed E-state index contributed by atoms with van der Waals surface area (Å²) in [5.41, 5.74) is 8.97. The van der Waals surface area contributed by atoms with Crippen molar-refractivity contribution >= 4 is 93.7 Å². The van der Waals surface area contributed by atoms with Gasteiger partial charge in [-0.3, -0.25) is 53.3 Å². The number of benzene rings is 9. The Morgan fingerprint density at radius 1 is 0.341 bits per heavy atom. The van der Waals surface area contributed by atoms with E-state index in [-0.39, 0.29) is 59.9 Å². The van der Waals surface area contributed by atoms with E-state index in [1.807, 2.05) is 284 Å². The van der Waals surface area contributed by atoms with Gasteiger partial charge in [-0.2, -0.15) is 0 Å². The van der Waals surface area contributed by atoms with Gasteiger partial charge in [-0.25, -0.2) is 0 Å². The highest BCUT2D eigenvalue weighted by molar-refractivity contribution is 6.31. The molecule has 0 radical (unpaired) electrons. The van der Waals surface area contributed by atoms with Crippen LogP contribution in [-0.4, -0.2) is 180 Å². The molecule has 3 aromatic heterocycles. The molecule has 0 spiro atoms. The van der Waals surface area contributed by atoms with E-state index in [1.165, 1.54) is 5.56 Å². The van der Waals surface area contributed by atoms with Crippen LogP contribution in [0.15, 0.2) is 292 Å². The van der Waals surface area contributed by atoms with Gasteiger partial charge in [0.05, 0.1) is 6.54 Å². The lowest BCUT2D eigenvalue weighted by molar-refractivity contribution is -0.137. The highest BCUT2D eigenvalue weighted by atomic mass is 35.5. The number of carbonyl (C=O) groups excluding carboxylic acids is 8. The Morgan fingerprint density at radius 3 is 1.04 bits per heavy atom. The Morgan fingerprint density at radius 2 is 0.667 bits per heavy atom. The van der Waals surface area contributed by atoms with Gasteiger partial charge in [0, 0.05) is 201 Å². The lowest BCUT2D eigenvalue weighted by Crippen LogP contribution is -2.54. The van der Waals surface area contributed by atoms with E-state index in [2.05, 4.69) is 20.3 Å². The molecule has 9 aromatic carbocycles. The van der Waals surface area contributed by atoms with Crippen LogP contribution in [0, 0.1) is 0 Å². The lowest BCUT2D eigenvalue weighted by atomic mass is 9.89. The SMILES string of the molecule is O=C(CCCCc1ccccn1)N1CCN2C(=O)c3ccccc3C12c1ccc(Cl)cc1.O=C(CCCc1ccccn1)N1CCN2C(=O)c3ccccc3C12c1ccc(Cl)cc1.O=C(CCCc1ccncc1)N1CCN2C(=O)c3ccccc3C12c1ccc(Cl)cc1.O=C(CNCC1COc2ccccc2O1)N1CCN2C(=O)c3ccccc3C12c1ccc(Cl)cc1. The van der Waals surface area contributed by atoms with E-state index in [0.29, 0.717) is 139 Å². The molecule has 0 saturated carbocycles. The quantitative estimate of drug-likeness (QED) is 0.0660. The second-order valence-electron chi connectivity index (χ2n) is 32.9. The Balaban J connectivity index is 0.000000116. The number of aromatic nitrogens is 3. The van der Waals surface area contributed by atoms with Gasteiger partial charge in [0.15, 0.2) is 34.2 Å². The number of fused-ring (bicyclic) bond motifs is 13. The number of hydrogen-bond donors (Lipinski definition) is 1. The number of halogens is 4. The summed E-state index contributed by atoms with van der Waals surface area (Å²) in [7, 11) is 0. The molecule has 9 aliphatic heterocycles. The number of pyridine rings is 3. The van der Waals surface area contributed by atoms with Gasteiger partial charge in [0.1, 0.15) is 12.7 Å². The molecule has 12 heterocycles. The minimum absolute atomic E-state index is 0.0269. The zero-order valence-corrected chi connectivity index (χ0v) is 73.7. The second-order valence-corrected chi connectivity index (χ2v) is 34.7. The first-order valence-corrected chi connectivity index (χ1v) is 45.2. The van der Waals surface area contributed by atoms with Gasteiger partial charge in [0.25, 0.3) is 23.6 Å². The van der Waals surface area contributed by atoms with Gasteiger partial charge in [-0.1, -0.05) is 192 Å². The monoisotopic (exact) mass is 1800 g/mol. The van der Waals surface area contributed by atoms with Crippen LogP contribution in [0.3, 0.4) is 0 Å². The molecule has 4 fully saturated rings. The predicted octanol–water partition coefficient (Wildman–Crippen LogP) is 16.4. The van der Waals surface area contributed by atoms with Crippen LogP contribution in [-0.2, 0) is 61.1 Å². The minimum Gasteiger partial charge on any atom is -0.486 e. The molecular weight excluding hydrogens is 1710 g/mol. The lowest BCUT2D eigenvalue weighted by Gasteiger charge is -2.40. The summed E-state index contributed by atoms with van der Waals surface area (Å²) in [6, 6.07) is 83.4. The third-order valence-electron chi connectivity index (χ3n) is 25.8. The number of para-hydroxylation sites is 2. The molecule has 26 heteroatoms. The number of nitrogens with one attached hydrogen (secondary N) is 1. The fraction of sp³-hybridized carbons (Fsp3) is 0.252. The summed E-state index contributed by atoms with van der Waals surface area (Å²) < 4.78 is 11.8. The standard InChI is InChI=1S/C27H24ClN3O4.C26H24ClN3O2.2C25H22ClN3O2/c28-19-11-9-18(10-12-19)27-22-6-2-1-5-21(22)26(33)31(27)14-13-30(27)25(32)16-29-15-20-17-34-23-7-3-4-8-24(23)35-20;27-20-14-12-19(13-15-20)26-23-10-3-2-9-22(23)25(32)30(26)18-17-29(26)24(31)11-4-1-7-21-8-5-6-16-28-21;26-19-13-11-18(12-14-19)25-22-9-2-1-8-21(22)24(31)29(25)17-16-28(25)23(30)10-5-7-20-6-3-4-15-27-20;26-20-10-8-19(9-11-20)25-22-6-2-1-5-21(22)24(31)29(25)17-16-28(25)23(30)7-3-4-18-12-14-27-15-13-18/h1-12,20,29H,13-17H2;2-3,5-6,8-10,12-16H,1,4,7,11,17-18H2;1-4,6,8-9,11-15H,5,7,10,16-17H2;1-2,5-6,8-15H,3-4,7,16-17H2. The summed E-state index contributed by atoms with van der Waals surface area (Å²) in [4.78, 5) is 135. The normalized spacial score (nSPS) is 20.1. The Kier molecular flexibility index (Phi) is 25.1. The number of rotatable bonds is 21. The number of ether oxygens (including phenoxy) is 2. The highest BCUT2D eigenvalue weighted by Gasteiger charge is 2.64. The van der Waals surface area contributed by atoms with Crippen molar-refractivity contribution in [2.75, 3.05) is 72.1 Å². The van der Waals surface area contributed by atoms with Crippen molar-refractivity contribution in [3.63, 3.8) is 0 Å². The van der Waals surface area contributed by atoms with Gasteiger partial charge in [-0.05, 0) is 172 Å². The molecule has 4 saturated heterocycles. The van der Waals surface area contributed by atoms with E-state index in [0.717, 1.165) is 100 Å². The maximum atomic E-state index is 13.6. The van der Waals surface area contributed by atoms with Crippen LogP contribution in [0.25, 0.3) is 0 Å². The number of aryl methyl sites for hydroxylation is 3. The van der Waals surface area contributed by atoms with Crippen LogP contribution in [0.5, 0.6) is 11.5 Å². The van der Waals surface area contributed by atoms with E-state index in [9.17, 15) is 38.4 Å². The minimum atomic E-state index is -0.986. The smallest absolute Gasteiger partial charge is 0.256 e. The van der Waals surface area contributed by atoms with Crippen LogP contribution >= 0.6 is 46.4 Å². The molecule has 12 aromatic rings. The third-order valence-corrected chi connectivity index (χ3v) is 26.8. The van der Waals surface area contributed by atoms with Crippen molar-refractivity contribution in [3.05, 3.63) is 396 Å². The molecule has 652 valence electrons. The zero-order chi connectivity index (χ0) is 89.0. The second kappa shape index (κ2) is 37.3. The summed E-state index contributed by atoms with van der Waals surface area (Å²) in [6.07, 6.45) is 13.7. The number of unbranched alkanes of at least 4 members (excludes halogenated alkanes) is 1. The fourth-order valence-electron chi connectivity index (χ4n) is 20.2. The Bertz CT molecular complexity index is 6030. The summed E-state index contributed by atoms with van der Waals surface area (Å²) in [6.45, 7) is 4.93. The summed E-state index contributed by atoms with van der Waals surface area (Å²) in [5.74, 6) is 1.34. The maximum Gasteiger partial charge on any atom is 0.256 e. The summed E-state index contributed by atoms with van der Waals surface area (Å²) >= 11 is 24.6. The summed E-state index contributed by atoms with van der Waals surface area (Å²) in [5, 5.41) is 5.70. The van der Waals surface area contributed by atoms with Gasteiger partial charge in [0.2, 0.25) is 23.6 Å². The maximum absolute atomic E-state index is 13.6. The molecule has 0 bridgehead atoms. The van der Waals surface area contributed by atoms with Gasteiger partial charge < -0.3 is 54.0 Å². The molecule has 8 amide bonds. The number of amides is 8. The van der Waals surface area contributed by atoms with Crippen molar-refractivity contribution < 1.29 is 47.8 Å². The molecule has 9 aliphatic rings. The van der Waals surface area contributed by atoms with Crippen LogP contribution in [0.2, 0.25) is 20.1 Å². The highest BCUT2D eigenvalue weighted by Crippen LogP contribution is 2.55. The van der Waals surface area contributed by atoms with E-state index in [4.69, 9.17) is 55.9 Å². The molecule has 5 unspecified atom stereocenters. The van der Waals surface area contributed by atoms with E-state index >= 15 is 0 Å². The predicted molar refractivity (Wildman–Crippen MR) is 491 cm³/mol. The van der Waals surface area contributed by atoms with Crippen molar-refractivity contribution in [1.29, 1.82) is 0 Å². The Hall–Kier alpha value is -13.1. The van der Waals surface area contributed by atoms with Gasteiger partial charge >= 0.3 is 0 Å². The van der Waals surface area contributed by atoms with Crippen LogP contribution < -0.4 is 14.8 Å². The van der Waals surface area contributed by atoms with E-state index in [1.54, 1.807) is 46.7 Å². The topological polar surface area (TPSA) is 232 Å². The molecule has 5 atom stereocenters. The van der Waals surface area contributed by atoms with Crippen molar-refractivity contribution in [2.45, 2.75) is 93.0 Å². The first-order chi connectivity index (χ1) is 62.9. The third kappa shape index (κ3) is 15.9. The molecule has 1 N–H and O–H groups in total. The van der Waals surface area contributed by atoms with Crippen LogP contribution in [0.1, 0.15) is 148 Å². The first kappa shape index (κ1) is 86.6. The zero-order valence-electron chi connectivity index (χ0n) is 70.7. The fourth-order valence-corrected chi connectivity index (χ4v) is 20.7. The molecular formula is C103H92Cl4N12O10. The number of carbonyl (C=O) groups is 8. The van der Waals surface area contributed by atoms with Crippen LogP contribution in [0.4, 0.5) is 0 Å². The van der Waals surface area contributed by atoms with Crippen molar-refractivity contribution in [1.82, 2.24) is 59.5 Å². The molecule has 0 aliphatic carbocycles. The van der Waals surface area contributed by atoms with E-state index < -0.39 is 22.7 Å². The molecule has 21 rings (SSSR count). The van der Waals surface area contributed by atoms with Crippen molar-refractivity contribution in [3.8, 4) is 11.5 Å². The number of hydrogen-bond acceptors (Lipinski definition) is 14. The average Bonchev–Trinajstić information content (AvgIpc) is 1.55.